The van der Waals surface area contributed by atoms with Crippen LogP contribution in [0.25, 0.3) is 0 Å². The molecule has 1 saturated carbocycles. The second-order valence-corrected chi connectivity index (χ2v) is 1.86. The molecule has 0 aromatic carbocycles. The van der Waals surface area contributed by atoms with Crippen molar-refractivity contribution in [2.45, 2.75) is 18.9 Å². The SMILES string of the molecule is NCCOC1CC1. The van der Waals surface area contributed by atoms with Gasteiger partial charge in [0.05, 0.1) is 12.7 Å². The third-order valence-electron chi connectivity index (χ3n) is 0.996. The molecule has 0 saturated heterocycles. The molecule has 1 rings (SSSR count). The molecule has 42 valence electrons. The molecule has 0 unspecified atom stereocenters. The Balaban J connectivity index is 1.80. The monoisotopic (exact) mass is 101 g/mol. The number of ether oxygens (including phenoxy) is 1. The van der Waals surface area contributed by atoms with Gasteiger partial charge in [0.1, 0.15) is 0 Å². The summed E-state index contributed by atoms with van der Waals surface area (Å²) in [5, 5.41) is 0. The van der Waals surface area contributed by atoms with Crippen LogP contribution in [0.3, 0.4) is 0 Å². The molecule has 0 atom stereocenters. The summed E-state index contributed by atoms with van der Waals surface area (Å²) >= 11 is 0. The first-order valence-electron chi connectivity index (χ1n) is 2.75. The molecule has 1 aliphatic rings. The van der Waals surface area contributed by atoms with Crippen molar-refractivity contribution in [3.63, 3.8) is 0 Å². The molecular formula is C5H11NO. The molecule has 1 aliphatic carbocycles. The predicted molar refractivity (Wildman–Crippen MR) is 28.0 cm³/mol. The smallest absolute Gasteiger partial charge is 0.0592 e. The molecular weight excluding hydrogens is 90.1 g/mol. The standard InChI is InChI=1S/C5H11NO/c6-3-4-7-5-1-2-5/h5H,1-4,6H2. The zero-order valence-corrected chi connectivity index (χ0v) is 4.39. The van der Waals surface area contributed by atoms with Crippen LogP contribution in [-0.2, 0) is 4.74 Å². The first kappa shape index (κ1) is 5.06. The van der Waals surface area contributed by atoms with Gasteiger partial charge in [-0.05, 0) is 12.8 Å². The number of rotatable bonds is 3. The van der Waals surface area contributed by atoms with Gasteiger partial charge in [0.2, 0.25) is 0 Å². The fourth-order valence-corrected chi connectivity index (χ4v) is 0.469. The van der Waals surface area contributed by atoms with Crippen LogP contribution in [-0.4, -0.2) is 19.3 Å². The zero-order chi connectivity index (χ0) is 5.11. The van der Waals surface area contributed by atoms with Crippen LogP contribution in [0, 0.1) is 0 Å². The summed E-state index contributed by atoms with van der Waals surface area (Å²) in [6, 6.07) is 0. The van der Waals surface area contributed by atoms with Crippen LogP contribution in [0.1, 0.15) is 12.8 Å². The average molecular weight is 101 g/mol. The lowest BCUT2D eigenvalue weighted by molar-refractivity contribution is 0.127. The molecule has 0 heterocycles. The topological polar surface area (TPSA) is 35.2 Å². The molecule has 1 fully saturated rings. The Hall–Kier alpha value is -0.0800. The Labute approximate surface area is 43.6 Å². The van der Waals surface area contributed by atoms with Gasteiger partial charge in [-0.15, -0.1) is 0 Å². The first-order valence-corrected chi connectivity index (χ1v) is 2.75. The van der Waals surface area contributed by atoms with Crippen molar-refractivity contribution >= 4 is 0 Å². The maximum absolute atomic E-state index is 5.18. The van der Waals surface area contributed by atoms with E-state index < -0.39 is 0 Å². The van der Waals surface area contributed by atoms with E-state index in [0.29, 0.717) is 12.6 Å². The summed E-state index contributed by atoms with van der Waals surface area (Å²) in [6.45, 7) is 1.40. The van der Waals surface area contributed by atoms with Gasteiger partial charge in [0, 0.05) is 6.54 Å². The second kappa shape index (κ2) is 2.28. The Kier molecular flexibility index (Phi) is 1.65. The summed E-state index contributed by atoms with van der Waals surface area (Å²) in [5.41, 5.74) is 5.18. The Morgan fingerprint density at radius 1 is 1.57 bits per heavy atom. The molecule has 0 aliphatic heterocycles. The zero-order valence-electron chi connectivity index (χ0n) is 4.39. The molecule has 0 aromatic rings. The summed E-state index contributed by atoms with van der Waals surface area (Å²) in [7, 11) is 0. The molecule has 0 aromatic heterocycles. The molecule has 0 radical (unpaired) electrons. The lowest BCUT2D eigenvalue weighted by atomic mass is 10.7. The van der Waals surface area contributed by atoms with E-state index in [-0.39, 0.29) is 0 Å². The number of hydrogen-bond donors (Lipinski definition) is 1. The van der Waals surface area contributed by atoms with Gasteiger partial charge >= 0.3 is 0 Å². The minimum absolute atomic E-state index is 0.573. The fourth-order valence-electron chi connectivity index (χ4n) is 0.469. The van der Waals surface area contributed by atoms with Crippen molar-refractivity contribution < 1.29 is 4.74 Å². The van der Waals surface area contributed by atoms with E-state index in [1.807, 2.05) is 0 Å². The Morgan fingerprint density at radius 2 is 2.29 bits per heavy atom. The van der Waals surface area contributed by atoms with Crippen LogP contribution in [0.2, 0.25) is 0 Å². The van der Waals surface area contributed by atoms with Crippen LogP contribution in [0.4, 0.5) is 0 Å². The highest BCUT2D eigenvalue weighted by atomic mass is 16.5. The van der Waals surface area contributed by atoms with Crippen LogP contribution >= 0.6 is 0 Å². The van der Waals surface area contributed by atoms with Crippen LogP contribution in [0.5, 0.6) is 0 Å². The van der Waals surface area contributed by atoms with E-state index in [2.05, 4.69) is 0 Å². The van der Waals surface area contributed by atoms with E-state index >= 15 is 0 Å². The average Bonchev–Trinajstić information content (AvgIpc) is 2.42. The minimum Gasteiger partial charge on any atom is -0.377 e. The molecule has 2 nitrogen and oxygen atoms in total. The van der Waals surface area contributed by atoms with E-state index in [4.69, 9.17) is 10.5 Å². The highest BCUT2D eigenvalue weighted by molar-refractivity contribution is 4.72. The molecule has 7 heavy (non-hydrogen) atoms. The highest BCUT2D eigenvalue weighted by Crippen LogP contribution is 2.22. The quantitative estimate of drug-likeness (QED) is 0.548. The molecule has 0 spiro atoms. The number of hydrogen-bond acceptors (Lipinski definition) is 2. The Morgan fingerprint density at radius 3 is 2.71 bits per heavy atom. The largest absolute Gasteiger partial charge is 0.377 e. The highest BCUT2D eigenvalue weighted by Gasteiger charge is 2.20. The maximum atomic E-state index is 5.18. The van der Waals surface area contributed by atoms with Crippen molar-refractivity contribution in [1.29, 1.82) is 0 Å². The van der Waals surface area contributed by atoms with Gasteiger partial charge < -0.3 is 10.5 Å². The van der Waals surface area contributed by atoms with Crippen molar-refractivity contribution in [3.8, 4) is 0 Å². The lowest BCUT2D eigenvalue weighted by Gasteiger charge is -1.94. The summed E-state index contributed by atoms with van der Waals surface area (Å²) in [4.78, 5) is 0. The summed E-state index contributed by atoms with van der Waals surface area (Å²) in [6.07, 6.45) is 3.07. The Bertz CT molecular complexity index is 52.0. The van der Waals surface area contributed by atoms with Crippen molar-refractivity contribution in [1.82, 2.24) is 0 Å². The van der Waals surface area contributed by atoms with Gasteiger partial charge in [0.15, 0.2) is 0 Å². The van der Waals surface area contributed by atoms with Crippen molar-refractivity contribution in [2.75, 3.05) is 13.2 Å². The van der Waals surface area contributed by atoms with Gasteiger partial charge in [-0.2, -0.15) is 0 Å². The number of nitrogens with two attached hydrogens (primary N) is 1. The van der Waals surface area contributed by atoms with E-state index in [9.17, 15) is 0 Å². The minimum atomic E-state index is 0.573. The van der Waals surface area contributed by atoms with Crippen LogP contribution in [0.15, 0.2) is 0 Å². The third-order valence-corrected chi connectivity index (χ3v) is 0.996. The molecule has 0 bridgehead atoms. The van der Waals surface area contributed by atoms with Crippen molar-refractivity contribution in [2.24, 2.45) is 5.73 Å². The summed E-state index contributed by atoms with van der Waals surface area (Å²) < 4.78 is 5.18. The predicted octanol–water partition coefficient (Wildman–Crippen LogP) is 0.124. The third kappa shape index (κ3) is 1.90. The molecule has 2 heteroatoms. The van der Waals surface area contributed by atoms with Gasteiger partial charge in [-0.3, -0.25) is 0 Å². The van der Waals surface area contributed by atoms with E-state index in [1.165, 1.54) is 12.8 Å². The van der Waals surface area contributed by atoms with E-state index in [1.54, 1.807) is 0 Å². The van der Waals surface area contributed by atoms with Crippen LogP contribution < -0.4 is 5.73 Å². The lowest BCUT2D eigenvalue weighted by Crippen LogP contribution is -2.08. The summed E-state index contributed by atoms with van der Waals surface area (Å²) in [5.74, 6) is 0. The van der Waals surface area contributed by atoms with Gasteiger partial charge in [-0.25, -0.2) is 0 Å². The molecule has 2 N–H and O–H groups in total. The van der Waals surface area contributed by atoms with E-state index in [0.717, 1.165) is 6.61 Å². The van der Waals surface area contributed by atoms with Gasteiger partial charge in [0.25, 0.3) is 0 Å². The maximum Gasteiger partial charge on any atom is 0.0592 e. The van der Waals surface area contributed by atoms with Gasteiger partial charge in [-0.1, -0.05) is 0 Å². The first-order chi connectivity index (χ1) is 3.43. The second-order valence-electron chi connectivity index (χ2n) is 1.86. The normalized spacial score (nSPS) is 20.1. The fraction of sp³-hybridized carbons (Fsp3) is 1.00. The van der Waals surface area contributed by atoms with Crippen molar-refractivity contribution in [3.05, 3.63) is 0 Å². The molecule has 0 amide bonds.